The van der Waals surface area contributed by atoms with Gasteiger partial charge in [0.1, 0.15) is 0 Å². The molecule has 0 aliphatic carbocycles. The number of hydrogen-bond donors (Lipinski definition) is 0. The summed E-state index contributed by atoms with van der Waals surface area (Å²) < 4.78 is 2.15. The van der Waals surface area contributed by atoms with Crippen LogP contribution < -0.4 is 0 Å². The van der Waals surface area contributed by atoms with Crippen molar-refractivity contribution in [3.8, 4) is 0 Å². The number of aromatic nitrogens is 3. The molecular formula is C27H33N5O. The summed E-state index contributed by atoms with van der Waals surface area (Å²) in [4.78, 5) is 27.5. The van der Waals surface area contributed by atoms with Gasteiger partial charge in [0.15, 0.2) is 0 Å². The highest BCUT2D eigenvalue weighted by atomic mass is 16.2. The predicted octanol–water partition coefficient (Wildman–Crippen LogP) is 4.19. The Morgan fingerprint density at radius 3 is 2.73 bits per heavy atom. The molecule has 2 aliphatic heterocycles. The fraction of sp³-hybridized carbons (Fsp3) is 0.444. The van der Waals surface area contributed by atoms with Crippen LogP contribution in [0.1, 0.15) is 54.6 Å². The van der Waals surface area contributed by atoms with Crippen molar-refractivity contribution < 1.29 is 4.79 Å². The van der Waals surface area contributed by atoms with Crippen molar-refractivity contribution in [1.82, 2.24) is 24.3 Å². The van der Waals surface area contributed by atoms with Gasteiger partial charge in [-0.3, -0.25) is 14.7 Å². The van der Waals surface area contributed by atoms with Gasteiger partial charge in [0.2, 0.25) is 5.91 Å². The molecule has 33 heavy (non-hydrogen) atoms. The van der Waals surface area contributed by atoms with Gasteiger partial charge in [0.05, 0.1) is 17.4 Å². The van der Waals surface area contributed by atoms with E-state index in [1.165, 1.54) is 11.1 Å². The lowest BCUT2D eigenvalue weighted by molar-refractivity contribution is -0.136. The van der Waals surface area contributed by atoms with Crippen molar-refractivity contribution in [2.24, 2.45) is 5.41 Å². The molecule has 2 aliphatic rings. The van der Waals surface area contributed by atoms with E-state index >= 15 is 0 Å². The van der Waals surface area contributed by atoms with Crippen molar-refractivity contribution >= 4 is 5.91 Å². The Balaban J connectivity index is 1.43. The summed E-state index contributed by atoms with van der Waals surface area (Å²) in [5.41, 5.74) is 4.29. The van der Waals surface area contributed by atoms with E-state index in [1.54, 1.807) is 6.20 Å². The summed E-state index contributed by atoms with van der Waals surface area (Å²) in [6, 6.07) is 13.0. The zero-order valence-corrected chi connectivity index (χ0v) is 19.8. The van der Waals surface area contributed by atoms with Gasteiger partial charge in [0.25, 0.3) is 0 Å². The Kier molecular flexibility index (Phi) is 5.79. The van der Waals surface area contributed by atoms with Crippen molar-refractivity contribution in [3.63, 3.8) is 0 Å². The van der Waals surface area contributed by atoms with Gasteiger partial charge < -0.3 is 9.47 Å². The Bertz CT molecular complexity index is 1120. The first-order valence-corrected chi connectivity index (χ1v) is 11.9. The summed E-state index contributed by atoms with van der Waals surface area (Å²) >= 11 is 0. The summed E-state index contributed by atoms with van der Waals surface area (Å²) in [7, 11) is 0. The largest absolute Gasteiger partial charge is 0.338 e. The molecule has 2 fully saturated rings. The number of aryl methyl sites for hydroxylation is 1. The van der Waals surface area contributed by atoms with E-state index in [4.69, 9.17) is 4.98 Å². The molecule has 1 aromatic carbocycles. The molecular weight excluding hydrogens is 410 g/mol. The van der Waals surface area contributed by atoms with Crippen LogP contribution in [-0.2, 0) is 17.9 Å². The predicted molar refractivity (Wildman–Crippen MR) is 129 cm³/mol. The van der Waals surface area contributed by atoms with Crippen LogP contribution in [0.3, 0.4) is 0 Å². The van der Waals surface area contributed by atoms with E-state index in [-0.39, 0.29) is 11.8 Å². The SMILES string of the molecule is Cc1cccc(CN2C[C@H](c3cn(C(C)C)cn3)[C@]3(CCN(Cc4cccnc4)C3=O)C2)c1. The molecule has 0 saturated carbocycles. The van der Waals surface area contributed by atoms with Crippen molar-refractivity contribution in [1.29, 1.82) is 0 Å². The second-order valence-electron chi connectivity index (χ2n) is 10.0. The lowest BCUT2D eigenvalue weighted by Gasteiger charge is -2.28. The number of carbonyl (C=O) groups is 1. The number of benzene rings is 1. The van der Waals surface area contributed by atoms with Gasteiger partial charge >= 0.3 is 0 Å². The van der Waals surface area contributed by atoms with Crippen molar-refractivity contribution in [2.75, 3.05) is 19.6 Å². The normalized spacial score (nSPS) is 23.3. The second kappa shape index (κ2) is 8.75. The molecule has 1 amide bonds. The molecule has 2 saturated heterocycles. The smallest absolute Gasteiger partial charge is 0.231 e. The molecule has 6 heteroatoms. The number of amides is 1. The van der Waals surface area contributed by atoms with Crippen molar-refractivity contribution in [3.05, 3.63) is 83.7 Å². The Morgan fingerprint density at radius 2 is 2.00 bits per heavy atom. The average Bonchev–Trinajstić information content (AvgIpc) is 3.49. The zero-order valence-electron chi connectivity index (χ0n) is 19.8. The number of hydrogen-bond acceptors (Lipinski definition) is 4. The van der Waals surface area contributed by atoms with E-state index in [1.807, 2.05) is 29.6 Å². The third-order valence-corrected chi connectivity index (χ3v) is 7.31. The summed E-state index contributed by atoms with van der Waals surface area (Å²) in [5, 5.41) is 0. The van der Waals surface area contributed by atoms with Gasteiger partial charge in [-0.1, -0.05) is 35.9 Å². The van der Waals surface area contributed by atoms with Crippen LogP contribution >= 0.6 is 0 Å². The summed E-state index contributed by atoms with van der Waals surface area (Å²) in [6.45, 7) is 10.4. The molecule has 2 aromatic heterocycles. The first kappa shape index (κ1) is 21.8. The molecule has 5 rings (SSSR count). The topological polar surface area (TPSA) is 54.3 Å². The van der Waals surface area contributed by atoms with Gasteiger partial charge in [-0.2, -0.15) is 0 Å². The monoisotopic (exact) mass is 443 g/mol. The van der Waals surface area contributed by atoms with Crippen LogP contribution in [-0.4, -0.2) is 49.9 Å². The number of rotatable bonds is 6. The Labute approximate surface area is 196 Å². The van der Waals surface area contributed by atoms with E-state index in [2.05, 4.69) is 65.7 Å². The van der Waals surface area contributed by atoms with Crippen LogP contribution in [0.2, 0.25) is 0 Å². The van der Waals surface area contributed by atoms with E-state index in [0.29, 0.717) is 12.6 Å². The maximum absolute atomic E-state index is 14.0. The minimum atomic E-state index is -0.414. The Hall–Kier alpha value is -2.99. The molecule has 172 valence electrons. The quantitative estimate of drug-likeness (QED) is 0.573. The van der Waals surface area contributed by atoms with Gasteiger partial charge in [-0.15, -0.1) is 0 Å². The number of likely N-dealkylation sites (tertiary alicyclic amines) is 2. The maximum Gasteiger partial charge on any atom is 0.231 e. The standard InChI is InChI=1S/C27H33N5O/c1-20(2)32-17-25(29-19-32)24-16-30(14-22-7-4-6-21(3)12-22)18-27(24)9-11-31(26(27)33)15-23-8-5-10-28-13-23/h4-8,10,12-13,17,19-20,24H,9,11,14-16,18H2,1-3H3/t24-,27+/m1/s1. The average molecular weight is 444 g/mol. The number of imidazole rings is 1. The minimum Gasteiger partial charge on any atom is -0.338 e. The van der Waals surface area contributed by atoms with Gasteiger partial charge in [-0.05, 0) is 44.4 Å². The molecule has 6 nitrogen and oxygen atoms in total. The van der Waals surface area contributed by atoms with E-state index in [0.717, 1.165) is 43.9 Å². The first-order chi connectivity index (χ1) is 15.9. The lowest BCUT2D eigenvalue weighted by Crippen LogP contribution is -2.39. The number of nitrogens with zero attached hydrogens (tertiary/aromatic N) is 5. The van der Waals surface area contributed by atoms with Crippen LogP contribution in [0, 0.1) is 12.3 Å². The van der Waals surface area contributed by atoms with Crippen LogP contribution in [0.4, 0.5) is 0 Å². The van der Waals surface area contributed by atoms with Gasteiger partial charge in [0, 0.05) is 63.3 Å². The lowest BCUT2D eigenvalue weighted by atomic mass is 9.75. The number of carbonyl (C=O) groups excluding carboxylic acids is 1. The van der Waals surface area contributed by atoms with E-state index < -0.39 is 5.41 Å². The zero-order chi connectivity index (χ0) is 23.0. The molecule has 0 unspecified atom stereocenters. The molecule has 0 bridgehead atoms. The summed E-state index contributed by atoms with van der Waals surface area (Å²) in [5.74, 6) is 0.371. The molecule has 0 N–H and O–H groups in total. The fourth-order valence-electron chi connectivity index (χ4n) is 5.58. The maximum atomic E-state index is 14.0. The highest BCUT2D eigenvalue weighted by molar-refractivity contribution is 5.86. The van der Waals surface area contributed by atoms with Gasteiger partial charge in [-0.25, -0.2) is 4.98 Å². The van der Waals surface area contributed by atoms with Crippen LogP contribution in [0.15, 0.2) is 61.3 Å². The number of pyridine rings is 1. The molecule has 3 aromatic rings. The van der Waals surface area contributed by atoms with Crippen LogP contribution in [0.5, 0.6) is 0 Å². The molecule has 4 heterocycles. The van der Waals surface area contributed by atoms with Crippen molar-refractivity contribution in [2.45, 2.75) is 52.2 Å². The minimum absolute atomic E-state index is 0.105. The molecule has 0 radical (unpaired) electrons. The Morgan fingerprint density at radius 1 is 1.15 bits per heavy atom. The molecule has 2 atom stereocenters. The third kappa shape index (κ3) is 4.20. The second-order valence-corrected chi connectivity index (χ2v) is 10.0. The van der Waals surface area contributed by atoms with Crippen LogP contribution in [0.25, 0.3) is 0 Å². The highest BCUT2D eigenvalue weighted by Crippen LogP contribution is 2.50. The fourth-order valence-corrected chi connectivity index (χ4v) is 5.58. The third-order valence-electron chi connectivity index (χ3n) is 7.31. The van der Waals surface area contributed by atoms with E-state index in [9.17, 15) is 4.79 Å². The molecule has 1 spiro atoms. The summed E-state index contributed by atoms with van der Waals surface area (Å²) in [6.07, 6.45) is 8.58. The highest BCUT2D eigenvalue weighted by Gasteiger charge is 2.57. The first-order valence-electron chi connectivity index (χ1n) is 11.9.